The molecular formula is C13H10Cl2O2. The Kier molecular flexibility index (Phi) is 3.89. The van der Waals surface area contributed by atoms with Crippen LogP contribution in [0.15, 0.2) is 42.5 Å². The Morgan fingerprint density at radius 2 is 1.59 bits per heavy atom. The molecule has 0 heterocycles. The van der Waals surface area contributed by atoms with Gasteiger partial charge in [0, 0.05) is 15.6 Å². The van der Waals surface area contributed by atoms with E-state index in [4.69, 9.17) is 27.9 Å². The number of benzene rings is 2. The lowest BCUT2D eigenvalue weighted by Gasteiger charge is -2.10. The number of rotatable bonds is 3. The topological polar surface area (TPSA) is 29.5 Å². The van der Waals surface area contributed by atoms with E-state index in [-0.39, 0.29) is 6.61 Å². The highest BCUT2D eigenvalue weighted by Crippen LogP contribution is 2.29. The van der Waals surface area contributed by atoms with Gasteiger partial charge in [-0.2, -0.15) is 0 Å². The highest BCUT2D eigenvalue weighted by molar-refractivity contribution is 6.31. The van der Waals surface area contributed by atoms with Gasteiger partial charge in [-0.1, -0.05) is 29.3 Å². The van der Waals surface area contributed by atoms with Gasteiger partial charge < -0.3 is 9.84 Å². The summed E-state index contributed by atoms with van der Waals surface area (Å²) in [7, 11) is 0. The summed E-state index contributed by atoms with van der Waals surface area (Å²) in [5.74, 6) is 1.19. The normalized spacial score (nSPS) is 10.3. The van der Waals surface area contributed by atoms with Gasteiger partial charge in [0.1, 0.15) is 11.5 Å². The van der Waals surface area contributed by atoms with E-state index < -0.39 is 0 Å². The molecule has 4 heteroatoms. The van der Waals surface area contributed by atoms with Crippen LogP contribution in [0.2, 0.25) is 10.0 Å². The molecule has 0 bridgehead atoms. The average Bonchev–Trinajstić information content (AvgIpc) is 2.32. The molecule has 1 N–H and O–H groups in total. The summed E-state index contributed by atoms with van der Waals surface area (Å²) in [6.45, 7) is -0.0971. The molecule has 0 saturated heterocycles. The second kappa shape index (κ2) is 5.41. The lowest BCUT2D eigenvalue weighted by atomic mass is 10.2. The van der Waals surface area contributed by atoms with Crippen molar-refractivity contribution in [1.82, 2.24) is 0 Å². The molecule has 0 aromatic heterocycles. The number of hydrogen-bond donors (Lipinski definition) is 1. The van der Waals surface area contributed by atoms with Gasteiger partial charge in [-0.25, -0.2) is 0 Å². The first kappa shape index (κ1) is 12.2. The minimum Gasteiger partial charge on any atom is -0.457 e. The van der Waals surface area contributed by atoms with Crippen LogP contribution in [0.25, 0.3) is 0 Å². The van der Waals surface area contributed by atoms with Crippen molar-refractivity contribution >= 4 is 23.2 Å². The predicted octanol–water partition coefficient (Wildman–Crippen LogP) is 4.28. The van der Waals surface area contributed by atoms with Crippen LogP contribution in [0.1, 0.15) is 5.56 Å². The van der Waals surface area contributed by atoms with Crippen LogP contribution in [0.5, 0.6) is 11.5 Å². The smallest absolute Gasteiger partial charge is 0.134 e. The number of ether oxygens (including phenoxy) is 1. The predicted molar refractivity (Wildman–Crippen MR) is 68.9 cm³/mol. The number of aliphatic hydroxyl groups excluding tert-OH is 1. The monoisotopic (exact) mass is 268 g/mol. The lowest BCUT2D eigenvalue weighted by Crippen LogP contribution is -1.91. The molecule has 2 aromatic rings. The Labute approximate surface area is 109 Å². The van der Waals surface area contributed by atoms with Crippen LogP contribution < -0.4 is 4.74 Å². The van der Waals surface area contributed by atoms with Crippen molar-refractivity contribution in [2.45, 2.75) is 6.61 Å². The lowest BCUT2D eigenvalue weighted by molar-refractivity contribution is 0.276. The quantitative estimate of drug-likeness (QED) is 0.901. The Bertz CT molecular complexity index is 509. The van der Waals surface area contributed by atoms with Crippen molar-refractivity contribution < 1.29 is 9.84 Å². The fourth-order valence-electron chi connectivity index (χ4n) is 1.38. The minimum absolute atomic E-state index is 0.0971. The number of hydrogen-bond acceptors (Lipinski definition) is 2. The molecule has 17 heavy (non-hydrogen) atoms. The van der Waals surface area contributed by atoms with E-state index in [0.717, 1.165) is 0 Å². The molecule has 0 atom stereocenters. The van der Waals surface area contributed by atoms with Gasteiger partial charge in [-0.15, -0.1) is 0 Å². The molecule has 0 saturated carbocycles. The molecule has 0 radical (unpaired) electrons. The van der Waals surface area contributed by atoms with Gasteiger partial charge in [-0.05, 0) is 36.4 Å². The van der Waals surface area contributed by atoms with E-state index in [0.29, 0.717) is 27.1 Å². The molecule has 0 fully saturated rings. The van der Waals surface area contributed by atoms with Crippen LogP contribution in [0, 0.1) is 0 Å². The zero-order chi connectivity index (χ0) is 12.3. The summed E-state index contributed by atoms with van der Waals surface area (Å²) in [5, 5.41) is 10.4. The maximum atomic E-state index is 9.19. The van der Waals surface area contributed by atoms with Crippen molar-refractivity contribution in [3.8, 4) is 11.5 Å². The third-order valence-electron chi connectivity index (χ3n) is 2.24. The molecule has 0 unspecified atom stereocenters. The zero-order valence-electron chi connectivity index (χ0n) is 8.86. The van der Waals surface area contributed by atoms with Crippen molar-refractivity contribution in [3.05, 3.63) is 58.1 Å². The summed E-state index contributed by atoms with van der Waals surface area (Å²) in [5.41, 5.74) is 0.685. The number of aliphatic hydroxyl groups is 1. The second-order valence-electron chi connectivity index (χ2n) is 3.47. The standard InChI is InChI=1S/C13H10Cl2O2/c14-10-3-5-12(6-4-10)17-13-7-11(15)2-1-9(13)8-16/h1-7,16H,8H2. The van der Waals surface area contributed by atoms with E-state index in [2.05, 4.69) is 0 Å². The van der Waals surface area contributed by atoms with Gasteiger partial charge >= 0.3 is 0 Å². The Hall–Kier alpha value is -1.22. The summed E-state index contributed by atoms with van der Waals surface area (Å²) in [4.78, 5) is 0. The van der Waals surface area contributed by atoms with E-state index in [1.807, 2.05) is 0 Å². The summed E-state index contributed by atoms with van der Waals surface area (Å²) < 4.78 is 5.63. The van der Waals surface area contributed by atoms with Crippen molar-refractivity contribution in [1.29, 1.82) is 0 Å². The minimum atomic E-state index is -0.0971. The molecule has 0 amide bonds. The van der Waals surface area contributed by atoms with E-state index in [9.17, 15) is 5.11 Å². The maximum absolute atomic E-state index is 9.19. The first-order chi connectivity index (χ1) is 8.19. The SMILES string of the molecule is OCc1ccc(Cl)cc1Oc1ccc(Cl)cc1. The molecule has 88 valence electrons. The second-order valence-corrected chi connectivity index (χ2v) is 4.34. The summed E-state index contributed by atoms with van der Waals surface area (Å²) in [6.07, 6.45) is 0. The van der Waals surface area contributed by atoms with Crippen molar-refractivity contribution in [2.75, 3.05) is 0 Å². The molecule has 2 aromatic carbocycles. The Balaban J connectivity index is 2.28. The van der Waals surface area contributed by atoms with Crippen LogP contribution >= 0.6 is 23.2 Å². The third kappa shape index (κ3) is 3.13. The van der Waals surface area contributed by atoms with E-state index in [1.54, 1.807) is 42.5 Å². The third-order valence-corrected chi connectivity index (χ3v) is 2.73. The van der Waals surface area contributed by atoms with Crippen LogP contribution in [-0.4, -0.2) is 5.11 Å². The average molecular weight is 269 g/mol. The Morgan fingerprint density at radius 3 is 2.24 bits per heavy atom. The largest absolute Gasteiger partial charge is 0.457 e. The maximum Gasteiger partial charge on any atom is 0.134 e. The van der Waals surface area contributed by atoms with Gasteiger partial charge in [0.05, 0.1) is 6.61 Å². The molecule has 2 nitrogen and oxygen atoms in total. The molecule has 0 aliphatic carbocycles. The van der Waals surface area contributed by atoms with Crippen LogP contribution in [-0.2, 0) is 6.61 Å². The van der Waals surface area contributed by atoms with Gasteiger partial charge in [0.15, 0.2) is 0 Å². The van der Waals surface area contributed by atoms with Crippen molar-refractivity contribution in [2.24, 2.45) is 0 Å². The van der Waals surface area contributed by atoms with E-state index in [1.165, 1.54) is 0 Å². The summed E-state index contributed by atoms with van der Waals surface area (Å²) >= 11 is 11.7. The van der Waals surface area contributed by atoms with Crippen LogP contribution in [0.4, 0.5) is 0 Å². The van der Waals surface area contributed by atoms with Gasteiger partial charge in [0.2, 0.25) is 0 Å². The van der Waals surface area contributed by atoms with Crippen LogP contribution in [0.3, 0.4) is 0 Å². The molecule has 2 rings (SSSR count). The van der Waals surface area contributed by atoms with Crippen molar-refractivity contribution in [3.63, 3.8) is 0 Å². The molecule has 0 aliphatic rings. The highest BCUT2D eigenvalue weighted by atomic mass is 35.5. The molecule has 0 spiro atoms. The fourth-order valence-corrected chi connectivity index (χ4v) is 1.67. The first-order valence-corrected chi connectivity index (χ1v) is 5.77. The van der Waals surface area contributed by atoms with E-state index >= 15 is 0 Å². The number of halogens is 2. The molecule has 0 aliphatic heterocycles. The Morgan fingerprint density at radius 1 is 0.941 bits per heavy atom. The molecular weight excluding hydrogens is 259 g/mol. The zero-order valence-corrected chi connectivity index (χ0v) is 10.4. The summed E-state index contributed by atoms with van der Waals surface area (Å²) in [6, 6.07) is 12.1. The van der Waals surface area contributed by atoms with Gasteiger partial charge in [-0.3, -0.25) is 0 Å². The highest BCUT2D eigenvalue weighted by Gasteiger charge is 2.05. The first-order valence-electron chi connectivity index (χ1n) is 5.02. The fraction of sp³-hybridized carbons (Fsp3) is 0.0769. The van der Waals surface area contributed by atoms with Gasteiger partial charge in [0.25, 0.3) is 0 Å².